The zero-order valence-electron chi connectivity index (χ0n) is 10.4. The van der Waals surface area contributed by atoms with Crippen LogP contribution in [0.5, 0.6) is 0 Å². The molecule has 0 heterocycles. The molecule has 106 valence electrons. The van der Waals surface area contributed by atoms with Crippen LogP contribution in [0.2, 0.25) is 0 Å². The zero-order chi connectivity index (χ0) is 15.3. The number of carbonyl (C=O) groups is 2. The van der Waals surface area contributed by atoms with Gasteiger partial charge in [-0.1, -0.05) is 0 Å². The molecule has 0 N–H and O–H groups in total. The largest absolute Gasteiger partial charge is 0.466 e. The number of nitrogens with zero attached hydrogens (tertiary/aromatic N) is 2. The summed E-state index contributed by atoms with van der Waals surface area (Å²) in [6, 6.07) is 2.50. The van der Waals surface area contributed by atoms with Gasteiger partial charge < -0.3 is 4.74 Å². The molecule has 9 heteroatoms. The number of ketones is 1. The van der Waals surface area contributed by atoms with Crippen molar-refractivity contribution in [3.63, 3.8) is 0 Å². The standard InChI is InChI=1S/C11H10N2O7/c1-2-20-11(15)6-10(14)7-3-8(12(16)17)5-9(4-7)13(18)19/h3-5H,2,6H2,1H3. The van der Waals surface area contributed by atoms with Gasteiger partial charge >= 0.3 is 5.97 Å². The summed E-state index contributed by atoms with van der Waals surface area (Å²) in [6.45, 7) is 1.64. The Labute approximate surface area is 112 Å². The number of nitro benzene ring substituents is 2. The van der Waals surface area contributed by atoms with Crippen molar-refractivity contribution in [1.82, 2.24) is 0 Å². The molecule has 0 spiro atoms. The van der Waals surface area contributed by atoms with E-state index in [0.29, 0.717) is 0 Å². The fourth-order valence-electron chi connectivity index (χ4n) is 1.41. The molecule has 0 aliphatic heterocycles. The molecular formula is C11H10N2O7. The third kappa shape index (κ3) is 3.83. The van der Waals surface area contributed by atoms with Gasteiger partial charge in [-0.25, -0.2) is 0 Å². The SMILES string of the molecule is CCOC(=O)CC(=O)c1cc([N+](=O)[O-])cc([N+](=O)[O-])c1. The number of hydrogen-bond acceptors (Lipinski definition) is 7. The molecule has 0 unspecified atom stereocenters. The van der Waals surface area contributed by atoms with Crippen molar-refractivity contribution in [1.29, 1.82) is 0 Å². The Morgan fingerprint density at radius 2 is 1.60 bits per heavy atom. The van der Waals surface area contributed by atoms with E-state index in [0.717, 1.165) is 18.2 Å². The van der Waals surface area contributed by atoms with Crippen molar-refractivity contribution in [2.75, 3.05) is 6.61 Å². The second kappa shape index (κ2) is 6.36. The maximum absolute atomic E-state index is 11.7. The lowest BCUT2D eigenvalue weighted by molar-refractivity contribution is -0.394. The molecular weight excluding hydrogens is 272 g/mol. The minimum Gasteiger partial charge on any atom is -0.466 e. The molecule has 0 radical (unpaired) electrons. The van der Waals surface area contributed by atoms with Crippen LogP contribution < -0.4 is 0 Å². The summed E-state index contributed by atoms with van der Waals surface area (Å²) in [6.07, 6.45) is -0.633. The van der Waals surface area contributed by atoms with Crippen LogP contribution in [0.3, 0.4) is 0 Å². The molecule has 0 saturated heterocycles. The van der Waals surface area contributed by atoms with Gasteiger partial charge in [0, 0.05) is 17.7 Å². The van der Waals surface area contributed by atoms with Crippen LogP contribution in [0.15, 0.2) is 18.2 Å². The number of benzene rings is 1. The van der Waals surface area contributed by atoms with Crippen molar-refractivity contribution in [2.45, 2.75) is 13.3 Å². The molecule has 0 atom stereocenters. The van der Waals surface area contributed by atoms with Gasteiger partial charge in [0.25, 0.3) is 11.4 Å². The first kappa shape index (κ1) is 15.2. The van der Waals surface area contributed by atoms with Crippen molar-refractivity contribution in [3.8, 4) is 0 Å². The molecule has 0 aromatic heterocycles. The van der Waals surface area contributed by atoms with Gasteiger partial charge in [-0.2, -0.15) is 0 Å². The van der Waals surface area contributed by atoms with E-state index in [1.54, 1.807) is 6.92 Å². The average Bonchev–Trinajstić information content (AvgIpc) is 2.38. The third-order valence-electron chi connectivity index (χ3n) is 2.26. The molecule has 9 nitrogen and oxygen atoms in total. The fraction of sp³-hybridized carbons (Fsp3) is 0.273. The number of rotatable bonds is 6. The lowest BCUT2D eigenvalue weighted by Gasteiger charge is -2.02. The first-order chi connectivity index (χ1) is 9.35. The number of Topliss-reactive ketones (excluding diaryl/α,β-unsaturated/α-hetero) is 1. The number of ether oxygens (including phenoxy) is 1. The molecule has 0 fully saturated rings. The van der Waals surface area contributed by atoms with E-state index in [1.807, 2.05) is 0 Å². The Bertz CT molecular complexity index is 550. The van der Waals surface area contributed by atoms with E-state index in [9.17, 15) is 29.8 Å². The normalized spacial score (nSPS) is 9.85. The minimum atomic E-state index is -0.853. The van der Waals surface area contributed by atoms with Gasteiger partial charge in [0.05, 0.1) is 22.5 Å². The van der Waals surface area contributed by atoms with Crippen LogP contribution in [-0.4, -0.2) is 28.2 Å². The highest BCUT2D eigenvalue weighted by Gasteiger charge is 2.21. The van der Waals surface area contributed by atoms with E-state index >= 15 is 0 Å². The first-order valence-electron chi connectivity index (χ1n) is 5.47. The van der Waals surface area contributed by atoms with Gasteiger partial charge in [-0.05, 0) is 6.92 Å². The van der Waals surface area contributed by atoms with Gasteiger partial charge in [0.15, 0.2) is 5.78 Å². The summed E-state index contributed by atoms with van der Waals surface area (Å²) >= 11 is 0. The summed E-state index contributed by atoms with van der Waals surface area (Å²) in [5.41, 5.74) is -1.46. The van der Waals surface area contributed by atoms with Crippen LogP contribution in [0.25, 0.3) is 0 Å². The molecule has 20 heavy (non-hydrogen) atoms. The highest BCUT2D eigenvalue weighted by molar-refractivity contribution is 6.06. The number of hydrogen-bond donors (Lipinski definition) is 0. The van der Waals surface area contributed by atoms with Gasteiger partial charge in [-0.15, -0.1) is 0 Å². The quantitative estimate of drug-likeness (QED) is 0.255. The first-order valence-corrected chi connectivity index (χ1v) is 5.47. The molecule has 0 bridgehead atoms. The van der Waals surface area contributed by atoms with E-state index in [4.69, 9.17) is 0 Å². The van der Waals surface area contributed by atoms with E-state index in [2.05, 4.69) is 4.74 Å². The maximum Gasteiger partial charge on any atom is 0.313 e. The number of nitro groups is 2. The summed E-state index contributed by atoms with van der Waals surface area (Å²) in [5, 5.41) is 21.3. The number of non-ortho nitro benzene ring substituents is 2. The fourth-order valence-corrected chi connectivity index (χ4v) is 1.41. The van der Waals surface area contributed by atoms with E-state index in [-0.39, 0.29) is 12.2 Å². The van der Waals surface area contributed by atoms with Crippen molar-refractivity contribution >= 4 is 23.1 Å². The van der Waals surface area contributed by atoms with Gasteiger partial charge in [0.2, 0.25) is 0 Å². The summed E-state index contributed by atoms with van der Waals surface area (Å²) in [4.78, 5) is 42.5. The molecule has 1 rings (SSSR count). The third-order valence-corrected chi connectivity index (χ3v) is 2.26. The van der Waals surface area contributed by atoms with E-state index < -0.39 is 39.4 Å². The second-order valence-corrected chi connectivity index (χ2v) is 3.66. The van der Waals surface area contributed by atoms with Crippen molar-refractivity contribution in [3.05, 3.63) is 44.0 Å². The molecule has 0 amide bonds. The van der Waals surface area contributed by atoms with Crippen LogP contribution in [0, 0.1) is 20.2 Å². The van der Waals surface area contributed by atoms with Crippen LogP contribution in [0.1, 0.15) is 23.7 Å². The summed E-state index contributed by atoms with van der Waals surface area (Å²) < 4.78 is 4.56. The van der Waals surface area contributed by atoms with Crippen LogP contribution in [-0.2, 0) is 9.53 Å². The Hall–Kier alpha value is -2.84. The lowest BCUT2D eigenvalue weighted by Crippen LogP contribution is -2.11. The zero-order valence-corrected chi connectivity index (χ0v) is 10.4. The Morgan fingerprint density at radius 1 is 1.10 bits per heavy atom. The van der Waals surface area contributed by atoms with Crippen molar-refractivity contribution < 1.29 is 24.2 Å². The molecule has 1 aromatic rings. The van der Waals surface area contributed by atoms with Gasteiger partial charge in [0.1, 0.15) is 6.42 Å². The number of carbonyl (C=O) groups excluding carboxylic acids is 2. The second-order valence-electron chi connectivity index (χ2n) is 3.66. The van der Waals surface area contributed by atoms with Crippen LogP contribution in [0.4, 0.5) is 11.4 Å². The Balaban J connectivity index is 3.10. The van der Waals surface area contributed by atoms with Gasteiger partial charge in [-0.3, -0.25) is 29.8 Å². The predicted octanol–water partition coefficient (Wildman–Crippen LogP) is 1.64. The molecule has 0 saturated carbocycles. The molecule has 1 aromatic carbocycles. The average molecular weight is 282 g/mol. The topological polar surface area (TPSA) is 130 Å². The highest BCUT2D eigenvalue weighted by Crippen LogP contribution is 2.23. The summed E-state index contributed by atoms with van der Waals surface area (Å²) in [5.74, 6) is -1.58. The minimum absolute atomic E-state index is 0.0845. The molecule has 0 aliphatic rings. The van der Waals surface area contributed by atoms with Crippen molar-refractivity contribution in [2.24, 2.45) is 0 Å². The smallest absolute Gasteiger partial charge is 0.313 e. The summed E-state index contributed by atoms with van der Waals surface area (Å²) in [7, 11) is 0. The monoisotopic (exact) mass is 282 g/mol. The predicted molar refractivity (Wildman–Crippen MR) is 65.3 cm³/mol. The Morgan fingerprint density at radius 3 is 2.00 bits per heavy atom. The molecule has 0 aliphatic carbocycles. The number of esters is 1. The highest BCUT2D eigenvalue weighted by atomic mass is 16.6. The van der Waals surface area contributed by atoms with Crippen LogP contribution >= 0.6 is 0 Å². The lowest BCUT2D eigenvalue weighted by atomic mass is 10.1. The Kier molecular flexibility index (Phi) is 4.84. The maximum atomic E-state index is 11.7. The van der Waals surface area contributed by atoms with E-state index in [1.165, 1.54) is 0 Å².